The molecule has 0 unspecified atom stereocenters. The number of aromatic nitrogens is 2. The van der Waals surface area contributed by atoms with Crippen LogP contribution in [0.15, 0.2) is 52.2 Å². The van der Waals surface area contributed by atoms with Crippen LogP contribution >= 0.6 is 0 Å². The van der Waals surface area contributed by atoms with Gasteiger partial charge in [0.2, 0.25) is 5.91 Å². The Balaban J connectivity index is 1.80. The smallest absolute Gasteiger partial charge is 0.330 e. The Morgan fingerprint density at radius 1 is 1.15 bits per heavy atom. The predicted molar refractivity (Wildman–Crippen MR) is 105 cm³/mol. The van der Waals surface area contributed by atoms with E-state index < -0.39 is 11.2 Å². The molecule has 0 aliphatic heterocycles. The van der Waals surface area contributed by atoms with Crippen LogP contribution in [0.1, 0.15) is 42.9 Å². The van der Waals surface area contributed by atoms with E-state index in [0.29, 0.717) is 11.5 Å². The average Bonchev–Trinajstić information content (AvgIpc) is 3.21. The SMILES string of the molecule is Cn1cc(/C=C\C(=O)N[C@@H](c2ccccc2)C2CCCC2)c(=O)n(C)c1=O. The number of nitrogens with one attached hydrogen (secondary N) is 1. The minimum absolute atomic E-state index is 0.0335. The molecule has 6 heteroatoms. The monoisotopic (exact) mass is 367 g/mol. The molecule has 1 saturated carbocycles. The molecular weight excluding hydrogens is 342 g/mol. The van der Waals surface area contributed by atoms with Crippen molar-refractivity contribution in [3.8, 4) is 0 Å². The van der Waals surface area contributed by atoms with Crippen molar-refractivity contribution in [2.75, 3.05) is 0 Å². The largest absolute Gasteiger partial charge is 0.345 e. The summed E-state index contributed by atoms with van der Waals surface area (Å²) in [7, 11) is 3.00. The first-order valence-electron chi connectivity index (χ1n) is 9.27. The third-order valence-electron chi connectivity index (χ3n) is 5.21. The molecule has 1 aliphatic rings. The highest BCUT2D eigenvalue weighted by Gasteiger charge is 2.27. The van der Waals surface area contributed by atoms with Crippen LogP contribution < -0.4 is 16.6 Å². The van der Waals surface area contributed by atoms with Crippen molar-refractivity contribution >= 4 is 12.0 Å². The van der Waals surface area contributed by atoms with Crippen molar-refractivity contribution < 1.29 is 4.79 Å². The summed E-state index contributed by atoms with van der Waals surface area (Å²) < 4.78 is 2.35. The zero-order chi connectivity index (χ0) is 19.4. The van der Waals surface area contributed by atoms with E-state index in [1.165, 1.54) is 42.8 Å². The number of rotatable bonds is 5. The van der Waals surface area contributed by atoms with Gasteiger partial charge in [0, 0.05) is 26.4 Å². The zero-order valence-corrected chi connectivity index (χ0v) is 15.7. The van der Waals surface area contributed by atoms with Crippen LogP contribution in [0.4, 0.5) is 0 Å². The Labute approximate surface area is 158 Å². The van der Waals surface area contributed by atoms with E-state index in [1.807, 2.05) is 30.3 Å². The summed E-state index contributed by atoms with van der Waals surface area (Å²) in [5.74, 6) is 0.182. The highest BCUT2D eigenvalue weighted by Crippen LogP contribution is 2.35. The Hall–Kier alpha value is -2.89. The molecule has 1 amide bonds. The van der Waals surface area contributed by atoms with E-state index in [1.54, 1.807) is 7.05 Å². The van der Waals surface area contributed by atoms with Crippen LogP contribution in [0.25, 0.3) is 6.08 Å². The average molecular weight is 367 g/mol. The number of carbonyl (C=O) groups excluding carboxylic acids is 1. The summed E-state index contributed by atoms with van der Waals surface area (Å²) in [5, 5.41) is 3.10. The van der Waals surface area contributed by atoms with E-state index in [4.69, 9.17) is 0 Å². The van der Waals surface area contributed by atoms with Crippen LogP contribution in [-0.2, 0) is 18.9 Å². The van der Waals surface area contributed by atoms with E-state index >= 15 is 0 Å². The van der Waals surface area contributed by atoms with Crippen molar-refractivity contribution in [1.82, 2.24) is 14.5 Å². The van der Waals surface area contributed by atoms with E-state index in [-0.39, 0.29) is 11.9 Å². The van der Waals surface area contributed by atoms with Gasteiger partial charge in [0.25, 0.3) is 5.56 Å². The summed E-state index contributed by atoms with van der Waals surface area (Å²) in [6.07, 6.45) is 8.86. The van der Waals surface area contributed by atoms with Gasteiger partial charge in [-0.1, -0.05) is 43.2 Å². The summed E-state index contributed by atoms with van der Waals surface area (Å²) >= 11 is 0. The third-order valence-corrected chi connectivity index (χ3v) is 5.21. The standard InChI is InChI=1S/C21H25N3O3/c1-23-14-17(20(26)24(2)21(23)27)12-13-18(25)22-19(16-10-6-7-11-16)15-8-4-3-5-9-15/h3-5,8-9,12-14,16,19H,6-7,10-11H2,1-2H3,(H,22,25)/b13-12-/t19-/m0/s1. The highest BCUT2D eigenvalue weighted by molar-refractivity contribution is 5.91. The van der Waals surface area contributed by atoms with Crippen molar-refractivity contribution in [2.24, 2.45) is 20.0 Å². The first-order chi connectivity index (χ1) is 13.0. The number of amides is 1. The molecule has 1 fully saturated rings. The predicted octanol–water partition coefficient (Wildman–Crippen LogP) is 2.14. The summed E-state index contributed by atoms with van der Waals surface area (Å²) in [4.78, 5) is 36.5. The number of hydrogen-bond acceptors (Lipinski definition) is 3. The quantitative estimate of drug-likeness (QED) is 0.823. The number of carbonyl (C=O) groups is 1. The van der Waals surface area contributed by atoms with Gasteiger partial charge >= 0.3 is 5.69 Å². The summed E-state index contributed by atoms with van der Waals surface area (Å²) in [5.41, 5.74) is 0.584. The van der Waals surface area contributed by atoms with E-state index in [0.717, 1.165) is 23.0 Å². The molecule has 1 aromatic carbocycles. The van der Waals surface area contributed by atoms with Crippen LogP contribution in [0.2, 0.25) is 0 Å². The molecule has 142 valence electrons. The van der Waals surface area contributed by atoms with Gasteiger partial charge in [0.05, 0.1) is 11.6 Å². The summed E-state index contributed by atoms with van der Waals surface area (Å²) in [6, 6.07) is 9.97. The van der Waals surface area contributed by atoms with Crippen LogP contribution in [0.5, 0.6) is 0 Å². The van der Waals surface area contributed by atoms with Crippen molar-refractivity contribution in [1.29, 1.82) is 0 Å². The van der Waals surface area contributed by atoms with Gasteiger partial charge in [-0.15, -0.1) is 0 Å². The molecule has 0 radical (unpaired) electrons. The fourth-order valence-electron chi connectivity index (χ4n) is 3.74. The Morgan fingerprint density at radius 2 is 1.81 bits per heavy atom. The first kappa shape index (κ1) is 18.9. The maximum atomic E-state index is 12.5. The topological polar surface area (TPSA) is 73.1 Å². The first-order valence-corrected chi connectivity index (χ1v) is 9.27. The van der Waals surface area contributed by atoms with Gasteiger partial charge in [-0.3, -0.25) is 14.2 Å². The summed E-state index contributed by atoms with van der Waals surface area (Å²) in [6.45, 7) is 0. The lowest BCUT2D eigenvalue weighted by atomic mass is 9.91. The minimum Gasteiger partial charge on any atom is -0.345 e. The highest BCUT2D eigenvalue weighted by atomic mass is 16.2. The lowest BCUT2D eigenvalue weighted by molar-refractivity contribution is -0.117. The number of benzene rings is 1. The molecule has 1 aliphatic carbocycles. The second-order valence-electron chi connectivity index (χ2n) is 7.12. The maximum Gasteiger partial charge on any atom is 0.330 e. The minimum atomic E-state index is -0.419. The molecule has 0 spiro atoms. The molecule has 2 aromatic rings. The van der Waals surface area contributed by atoms with E-state index in [2.05, 4.69) is 5.32 Å². The lowest BCUT2D eigenvalue weighted by Crippen LogP contribution is -2.37. The van der Waals surface area contributed by atoms with Crippen LogP contribution in [0.3, 0.4) is 0 Å². The van der Waals surface area contributed by atoms with E-state index in [9.17, 15) is 14.4 Å². The van der Waals surface area contributed by atoms with Gasteiger partial charge in [0.15, 0.2) is 0 Å². The molecule has 1 heterocycles. The third kappa shape index (κ3) is 4.27. The fourth-order valence-corrected chi connectivity index (χ4v) is 3.74. The van der Waals surface area contributed by atoms with Crippen molar-refractivity contribution in [2.45, 2.75) is 31.7 Å². The van der Waals surface area contributed by atoms with Gasteiger partial charge in [-0.25, -0.2) is 4.79 Å². The van der Waals surface area contributed by atoms with Gasteiger partial charge < -0.3 is 9.88 Å². The van der Waals surface area contributed by atoms with Gasteiger partial charge in [0.1, 0.15) is 0 Å². The van der Waals surface area contributed by atoms with Crippen LogP contribution in [0, 0.1) is 5.92 Å². The van der Waals surface area contributed by atoms with Gasteiger partial charge in [-0.2, -0.15) is 0 Å². The number of nitrogens with zero attached hydrogens (tertiary/aromatic N) is 2. The normalized spacial score (nSPS) is 15.9. The molecule has 3 rings (SSSR count). The molecule has 6 nitrogen and oxygen atoms in total. The molecule has 27 heavy (non-hydrogen) atoms. The zero-order valence-electron chi connectivity index (χ0n) is 15.7. The number of hydrogen-bond donors (Lipinski definition) is 1. The maximum absolute atomic E-state index is 12.5. The molecule has 1 aromatic heterocycles. The van der Waals surface area contributed by atoms with Gasteiger partial charge in [-0.05, 0) is 30.4 Å². The van der Waals surface area contributed by atoms with Crippen LogP contribution in [-0.4, -0.2) is 15.0 Å². The van der Waals surface area contributed by atoms with Crippen molar-refractivity contribution in [3.05, 3.63) is 74.6 Å². The molecule has 1 N–H and O–H groups in total. The molecular formula is C21H25N3O3. The molecule has 0 bridgehead atoms. The second-order valence-corrected chi connectivity index (χ2v) is 7.12. The Kier molecular flexibility index (Phi) is 5.74. The Bertz CT molecular complexity index is 951. The molecule has 0 saturated heterocycles. The second kappa shape index (κ2) is 8.20. The Morgan fingerprint density at radius 3 is 2.48 bits per heavy atom. The fraction of sp³-hybridized carbons (Fsp3) is 0.381. The van der Waals surface area contributed by atoms with Crippen molar-refractivity contribution in [3.63, 3.8) is 0 Å². The lowest BCUT2D eigenvalue weighted by Gasteiger charge is -2.24. The number of aryl methyl sites for hydroxylation is 1. The molecule has 1 atom stereocenters.